The summed E-state index contributed by atoms with van der Waals surface area (Å²) in [7, 11) is 0. The lowest BCUT2D eigenvalue weighted by Gasteiger charge is -2.13. The van der Waals surface area contributed by atoms with Crippen molar-refractivity contribution in [2.24, 2.45) is 5.73 Å². The van der Waals surface area contributed by atoms with Crippen molar-refractivity contribution in [1.82, 2.24) is 0 Å². The molecule has 0 aliphatic heterocycles. The van der Waals surface area contributed by atoms with Gasteiger partial charge in [-0.3, -0.25) is 0 Å². The Labute approximate surface area is 108 Å². The maximum Gasteiger partial charge on any atom is 0.0306 e. The molecule has 0 aliphatic rings. The molecule has 80 valence electrons. The molecule has 0 spiro atoms. The fourth-order valence-electron chi connectivity index (χ4n) is 1.38. The monoisotopic (exact) mass is 329 g/mol. The van der Waals surface area contributed by atoms with Crippen LogP contribution in [0, 0.1) is 12.3 Å². The summed E-state index contributed by atoms with van der Waals surface area (Å²) in [6, 6.07) is 6.08. The molecule has 1 atom stereocenters. The van der Waals surface area contributed by atoms with E-state index in [-0.39, 0.29) is 6.04 Å². The van der Waals surface area contributed by atoms with Crippen molar-refractivity contribution in [3.8, 4) is 12.3 Å². The van der Waals surface area contributed by atoms with Crippen LogP contribution >= 0.6 is 31.9 Å². The van der Waals surface area contributed by atoms with Gasteiger partial charge in [0.1, 0.15) is 0 Å². The van der Waals surface area contributed by atoms with Gasteiger partial charge in [0.2, 0.25) is 0 Å². The Morgan fingerprint density at radius 2 is 2.13 bits per heavy atom. The van der Waals surface area contributed by atoms with Crippen LogP contribution in [0.1, 0.15) is 30.9 Å². The molecule has 0 fully saturated rings. The molecule has 15 heavy (non-hydrogen) atoms. The summed E-state index contributed by atoms with van der Waals surface area (Å²) in [6.07, 6.45) is 7.88. The van der Waals surface area contributed by atoms with Crippen LogP contribution in [0.2, 0.25) is 0 Å². The number of hydrogen-bond acceptors (Lipinski definition) is 1. The van der Waals surface area contributed by atoms with E-state index in [9.17, 15) is 0 Å². The highest BCUT2D eigenvalue weighted by Crippen LogP contribution is 2.28. The molecule has 0 aromatic heterocycles. The van der Waals surface area contributed by atoms with Crippen LogP contribution in [0.3, 0.4) is 0 Å². The third kappa shape index (κ3) is 3.98. The van der Waals surface area contributed by atoms with Gasteiger partial charge in [-0.15, -0.1) is 12.3 Å². The van der Waals surface area contributed by atoms with E-state index >= 15 is 0 Å². The minimum absolute atomic E-state index is 0.0465. The SMILES string of the molecule is C#CCCCC(N)c1cc(Br)ccc1Br. The average molecular weight is 331 g/mol. The zero-order chi connectivity index (χ0) is 11.3. The number of terminal acetylenes is 1. The number of hydrogen-bond donors (Lipinski definition) is 1. The van der Waals surface area contributed by atoms with Crippen molar-refractivity contribution in [2.45, 2.75) is 25.3 Å². The highest BCUT2D eigenvalue weighted by Gasteiger charge is 2.09. The van der Waals surface area contributed by atoms with Crippen LogP contribution in [-0.4, -0.2) is 0 Å². The molecular formula is C12H13Br2N. The summed E-state index contributed by atoms with van der Waals surface area (Å²) < 4.78 is 2.10. The zero-order valence-corrected chi connectivity index (χ0v) is 11.5. The van der Waals surface area contributed by atoms with E-state index in [1.807, 2.05) is 18.2 Å². The summed E-state index contributed by atoms with van der Waals surface area (Å²) in [5.41, 5.74) is 7.21. The number of rotatable bonds is 4. The second kappa shape index (κ2) is 6.32. The molecule has 1 aromatic rings. The molecule has 0 aliphatic carbocycles. The van der Waals surface area contributed by atoms with Crippen molar-refractivity contribution in [3.05, 3.63) is 32.7 Å². The first-order valence-corrected chi connectivity index (χ1v) is 6.37. The Hall–Kier alpha value is -0.300. The number of nitrogens with two attached hydrogens (primary N) is 1. The predicted octanol–water partition coefficient (Wildman–Crippen LogP) is 4.01. The molecule has 0 bridgehead atoms. The van der Waals surface area contributed by atoms with Gasteiger partial charge in [0.25, 0.3) is 0 Å². The standard InChI is InChI=1S/C12H13Br2N/c1-2-3-4-5-12(15)10-8-9(13)6-7-11(10)14/h1,6-8,12H,3-5,15H2. The largest absolute Gasteiger partial charge is 0.324 e. The molecule has 1 aromatic carbocycles. The lowest BCUT2D eigenvalue weighted by molar-refractivity contribution is 0.619. The Balaban J connectivity index is 2.69. The van der Waals surface area contributed by atoms with Gasteiger partial charge in [0.05, 0.1) is 0 Å². The Morgan fingerprint density at radius 3 is 2.80 bits per heavy atom. The molecule has 0 heterocycles. The number of unbranched alkanes of at least 4 members (excludes halogenated alkanes) is 1. The lowest BCUT2D eigenvalue weighted by Crippen LogP contribution is -2.10. The zero-order valence-electron chi connectivity index (χ0n) is 8.34. The van der Waals surface area contributed by atoms with E-state index in [1.165, 1.54) is 0 Å². The average Bonchev–Trinajstić information content (AvgIpc) is 2.22. The highest BCUT2D eigenvalue weighted by atomic mass is 79.9. The first-order valence-electron chi connectivity index (χ1n) is 4.79. The molecule has 0 saturated carbocycles. The van der Waals surface area contributed by atoms with Gasteiger partial charge in [0, 0.05) is 21.4 Å². The molecular weight excluding hydrogens is 318 g/mol. The van der Waals surface area contributed by atoms with Gasteiger partial charge in [-0.05, 0) is 36.6 Å². The first-order chi connectivity index (χ1) is 7.15. The van der Waals surface area contributed by atoms with E-state index in [0.717, 1.165) is 33.8 Å². The van der Waals surface area contributed by atoms with Gasteiger partial charge in [-0.25, -0.2) is 0 Å². The second-order valence-corrected chi connectivity index (χ2v) is 5.14. The van der Waals surface area contributed by atoms with E-state index < -0.39 is 0 Å². The van der Waals surface area contributed by atoms with E-state index in [4.69, 9.17) is 12.2 Å². The molecule has 0 saturated heterocycles. The summed E-state index contributed by atoms with van der Waals surface area (Å²) in [4.78, 5) is 0. The lowest BCUT2D eigenvalue weighted by atomic mass is 10.0. The summed E-state index contributed by atoms with van der Waals surface area (Å²) >= 11 is 6.94. The number of halogens is 2. The van der Waals surface area contributed by atoms with Gasteiger partial charge >= 0.3 is 0 Å². The smallest absolute Gasteiger partial charge is 0.0306 e. The summed E-state index contributed by atoms with van der Waals surface area (Å²) in [5.74, 6) is 2.62. The topological polar surface area (TPSA) is 26.0 Å². The molecule has 3 heteroatoms. The van der Waals surface area contributed by atoms with Crippen LogP contribution in [0.25, 0.3) is 0 Å². The number of benzene rings is 1. The van der Waals surface area contributed by atoms with Crippen molar-refractivity contribution in [3.63, 3.8) is 0 Å². The van der Waals surface area contributed by atoms with Crippen LogP contribution in [-0.2, 0) is 0 Å². The molecule has 1 unspecified atom stereocenters. The third-order valence-corrected chi connectivity index (χ3v) is 3.41. The van der Waals surface area contributed by atoms with Crippen molar-refractivity contribution >= 4 is 31.9 Å². The molecule has 0 amide bonds. The Bertz CT molecular complexity index is 368. The second-order valence-electron chi connectivity index (χ2n) is 3.37. The third-order valence-electron chi connectivity index (χ3n) is 2.19. The minimum Gasteiger partial charge on any atom is -0.324 e. The van der Waals surface area contributed by atoms with Gasteiger partial charge in [0.15, 0.2) is 0 Å². The van der Waals surface area contributed by atoms with E-state index in [1.54, 1.807) is 0 Å². The normalized spacial score (nSPS) is 12.1. The van der Waals surface area contributed by atoms with Crippen LogP contribution in [0.5, 0.6) is 0 Å². The Kier molecular flexibility index (Phi) is 5.38. The van der Waals surface area contributed by atoms with E-state index in [0.29, 0.717) is 0 Å². The fourth-order valence-corrected chi connectivity index (χ4v) is 2.30. The van der Waals surface area contributed by atoms with Crippen LogP contribution in [0.4, 0.5) is 0 Å². The van der Waals surface area contributed by atoms with E-state index in [2.05, 4.69) is 37.8 Å². The van der Waals surface area contributed by atoms with Crippen LogP contribution < -0.4 is 5.73 Å². The first kappa shape index (κ1) is 12.8. The minimum atomic E-state index is 0.0465. The molecule has 2 N–H and O–H groups in total. The van der Waals surface area contributed by atoms with Crippen molar-refractivity contribution in [2.75, 3.05) is 0 Å². The Morgan fingerprint density at radius 1 is 1.40 bits per heavy atom. The molecule has 0 radical (unpaired) electrons. The fraction of sp³-hybridized carbons (Fsp3) is 0.333. The van der Waals surface area contributed by atoms with Gasteiger partial charge in [-0.2, -0.15) is 0 Å². The molecule has 1 nitrogen and oxygen atoms in total. The maximum absolute atomic E-state index is 6.09. The maximum atomic E-state index is 6.09. The van der Waals surface area contributed by atoms with Gasteiger partial charge in [-0.1, -0.05) is 31.9 Å². The molecule has 1 rings (SSSR count). The van der Waals surface area contributed by atoms with Gasteiger partial charge < -0.3 is 5.73 Å². The quantitative estimate of drug-likeness (QED) is 0.655. The summed E-state index contributed by atoms with van der Waals surface area (Å²) in [5, 5.41) is 0. The van der Waals surface area contributed by atoms with Crippen LogP contribution in [0.15, 0.2) is 27.1 Å². The highest BCUT2D eigenvalue weighted by molar-refractivity contribution is 9.11. The van der Waals surface area contributed by atoms with Crippen molar-refractivity contribution in [1.29, 1.82) is 0 Å². The van der Waals surface area contributed by atoms with Crippen molar-refractivity contribution < 1.29 is 0 Å². The summed E-state index contributed by atoms with van der Waals surface area (Å²) in [6.45, 7) is 0. The predicted molar refractivity (Wildman–Crippen MR) is 71.5 cm³/mol.